The predicted octanol–water partition coefficient (Wildman–Crippen LogP) is 2.31. The quantitative estimate of drug-likeness (QED) is 0.861. The number of rotatable bonds is 3. The van der Waals surface area contributed by atoms with Gasteiger partial charge in [0.05, 0.1) is 6.61 Å². The average molecular weight is 276 g/mol. The van der Waals surface area contributed by atoms with E-state index in [1.54, 1.807) is 6.92 Å². The summed E-state index contributed by atoms with van der Waals surface area (Å²) in [6.07, 6.45) is 2.68. The number of ether oxygens (including phenoxy) is 2. The standard InChI is InChI=1S/C16H20O4/c1-3-16(14(17)19-4-2)15(18)10-6-8-11-7-5-9-12(20-16)13(11)15/h5,7,9,18H,3-4,6,8,10H2,1-2H3. The van der Waals surface area contributed by atoms with Crippen LogP contribution in [-0.2, 0) is 21.6 Å². The molecule has 4 heteroatoms. The first kappa shape index (κ1) is 13.4. The lowest BCUT2D eigenvalue weighted by Gasteiger charge is -2.40. The molecular weight excluding hydrogens is 256 g/mol. The van der Waals surface area contributed by atoms with Crippen molar-refractivity contribution in [3.63, 3.8) is 0 Å². The molecule has 1 aliphatic carbocycles. The van der Waals surface area contributed by atoms with Gasteiger partial charge in [0, 0.05) is 5.56 Å². The SMILES string of the molecule is CCOC(=O)C1(CC)Oc2cccc3c2C1(O)CCC3. The van der Waals surface area contributed by atoms with Crippen LogP contribution in [0.3, 0.4) is 0 Å². The largest absolute Gasteiger partial charge is 0.472 e. The van der Waals surface area contributed by atoms with Crippen LogP contribution < -0.4 is 4.74 Å². The molecule has 108 valence electrons. The first-order chi connectivity index (χ1) is 9.59. The highest BCUT2D eigenvalue weighted by Crippen LogP contribution is 2.55. The molecular formula is C16H20O4. The summed E-state index contributed by atoms with van der Waals surface area (Å²) in [6, 6.07) is 5.74. The summed E-state index contributed by atoms with van der Waals surface area (Å²) in [5, 5.41) is 11.3. The van der Waals surface area contributed by atoms with Crippen molar-refractivity contribution in [3.8, 4) is 5.75 Å². The predicted molar refractivity (Wildman–Crippen MR) is 73.6 cm³/mol. The number of aliphatic hydroxyl groups is 1. The minimum Gasteiger partial charge on any atom is -0.472 e. The van der Waals surface area contributed by atoms with E-state index in [0.29, 0.717) is 18.6 Å². The van der Waals surface area contributed by atoms with Crippen LogP contribution in [0.2, 0.25) is 0 Å². The molecule has 0 fully saturated rings. The Morgan fingerprint density at radius 2 is 2.25 bits per heavy atom. The molecule has 0 aromatic heterocycles. The van der Waals surface area contributed by atoms with E-state index in [9.17, 15) is 9.90 Å². The molecule has 3 rings (SSSR count). The third-order valence-corrected chi connectivity index (χ3v) is 4.57. The Bertz CT molecular complexity index is 553. The Balaban J connectivity index is 2.17. The van der Waals surface area contributed by atoms with Crippen molar-refractivity contribution in [1.82, 2.24) is 0 Å². The van der Waals surface area contributed by atoms with E-state index in [4.69, 9.17) is 9.47 Å². The number of hydrogen-bond acceptors (Lipinski definition) is 4. The van der Waals surface area contributed by atoms with Gasteiger partial charge in [-0.1, -0.05) is 19.1 Å². The van der Waals surface area contributed by atoms with E-state index >= 15 is 0 Å². The molecule has 2 unspecified atom stereocenters. The highest BCUT2D eigenvalue weighted by atomic mass is 16.6. The summed E-state index contributed by atoms with van der Waals surface area (Å²) in [6.45, 7) is 3.90. The average Bonchev–Trinajstić information content (AvgIpc) is 2.71. The monoisotopic (exact) mass is 276 g/mol. The Kier molecular flexibility index (Phi) is 3.01. The second-order valence-corrected chi connectivity index (χ2v) is 5.51. The second kappa shape index (κ2) is 4.48. The molecule has 0 amide bonds. The summed E-state index contributed by atoms with van der Waals surface area (Å²) in [5.74, 6) is 0.161. The van der Waals surface area contributed by atoms with Gasteiger partial charge >= 0.3 is 5.97 Å². The van der Waals surface area contributed by atoms with E-state index in [2.05, 4.69) is 0 Å². The van der Waals surface area contributed by atoms with Crippen LogP contribution in [0.1, 0.15) is 44.2 Å². The summed E-state index contributed by atoms with van der Waals surface area (Å²) in [5.41, 5.74) is -0.697. The number of hydrogen-bond donors (Lipinski definition) is 1. The molecule has 0 bridgehead atoms. The van der Waals surface area contributed by atoms with Crippen molar-refractivity contribution in [2.75, 3.05) is 6.61 Å². The first-order valence-electron chi connectivity index (χ1n) is 7.30. The van der Waals surface area contributed by atoms with E-state index < -0.39 is 17.2 Å². The summed E-state index contributed by atoms with van der Waals surface area (Å²) in [7, 11) is 0. The molecule has 0 saturated carbocycles. The third-order valence-electron chi connectivity index (χ3n) is 4.57. The van der Waals surface area contributed by atoms with Gasteiger partial charge in [0.2, 0.25) is 5.60 Å². The fraction of sp³-hybridized carbons (Fsp3) is 0.562. The van der Waals surface area contributed by atoms with E-state index in [1.807, 2.05) is 25.1 Å². The topological polar surface area (TPSA) is 55.8 Å². The van der Waals surface area contributed by atoms with Crippen LogP contribution in [0.15, 0.2) is 18.2 Å². The number of aryl methyl sites for hydroxylation is 1. The molecule has 1 N–H and O–H groups in total. The maximum absolute atomic E-state index is 12.5. The van der Waals surface area contributed by atoms with Gasteiger partial charge in [0.15, 0.2) is 0 Å². The fourth-order valence-corrected chi connectivity index (χ4v) is 3.64. The zero-order valence-corrected chi connectivity index (χ0v) is 11.9. The van der Waals surface area contributed by atoms with Crippen LogP contribution >= 0.6 is 0 Å². The van der Waals surface area contributed by atoms with Crippen molar-refractivity contribution in [2.24, 2.45) is 0 Å². The van der Waals surface area contributed by atoms with Gasteiger partial charge in [0.1, 0.15) is 11.4 Å². The minimum atomic E-state index is -1.30. The van der Waals surface area contributed by atoms with Gasteiger partial charge in [-0.05, 0) is 44.2 Å². The van der Waals surface area contributed by atoms with Gasteiger partial charge in [0.25, 0.3) is 0 Å². The molecule has 1 heterocycles. The Labute approximate surface area is 118 Å². The van der Waals surface area contributed by atoms with Crippen molar-refractivity contribution in [3.05, 3.63) is 29.3 Å². The molecule has 20 heavy (non-hydrogen) atoms. The van der Waals surface area contributed by atoms with Crippen molar-refractivity contribution < 1.29 is 19.4 Å². The van der Waals surface area contributed by atoms with Gasteiger partial charge in [-0.25, -0.2) is 4.79 Å². The minimum absolute atomic E-state index is 0.281. The molecule has 0 radical (unpaired) electrons. The fourth-order valence-electron chi connectivity index (χ4n) is 3.64. The number of carbonyl (C=O) groups is 1. The summed E-state index contributed by atoms with van der Waals surface area (Å²) in [4.78, 5) is 12.5. The van der Waals surface area contributed by atoms with Crippen LogP contribution in [0, 0.1) is 0 Å². The Morgan fingerprint density at radius 3 is 2.95 bits per heavy atom. The third kappa shape index (κ3) is 1.48. The maximum Gasteiger partial charge on any atom is 0.353 e. The summed E-state index contributed by atoms with van der Waals surface area (Å²) < 4.78 is 11.1. The molecule has 0 spiro atoms. The van der Waals surface area contributed by atoms with Crippen LogP contribution in [0.4, 0.5) is 0 Å². The van der Waals surface area contributed by atoms with Crippen LogP contribution in [0.25, 0.3) is 0 Å². The Hall–Kier alpha value is -1.55. The van der Waals surface area contributed by atoms with Gasteiger partial charge < -0.3 is 14.6 Å². The Morgan fingerprint density at radius 1 is 1.45 bits per heavy atom. The zero-order chi connectivity index (χ0) is 14.4. The van der Waals surface area contributed by atoms with Crippen LogP contribution in [0.5, 0.6) is 5.75 Å². The van der Waals surface area contributed by atoms with Crippen molar-refractivity contribution in [1.29, 1.82) is 0 Å². The lowest BCUT2D eigenvalue weighted by Crippen LogP contribution is -2.58. The molecule has 1 aromatic carbocycles. The number of benzene rings is 1. The van der Waals surface area contributed by atoms with E-state index in [1.165, 1.54) is 0 Å². The first-order valence-corrected chi connectivity index (χ1v) is 7.30. The lowest BCUT2D eigenvalue weighted by atomic mass is 9.70. The number of esters is 1. The molecule has 2 atom stereocenters. The lowest BCUT2D eigenvalue weighted by molar-refractivity contribution is -0.188. The maximum atomic E-state index is 12.5. The van der Waals surface area contributed by atoms with Crippen molar-refractivity contribution in [2.45, 2.75) is 50.7 Å². The summed E-state index contributed by atoms with van der Waals surface area (Å²) >= 11 is 0. The molecule has 0 saturated heterocycles. The molecule has 4 nitrogen and oxygen atoms in total. The van der Waals surface area contributed by atoms with Crippen molar-refractivity contribution >= 4 is 5.97 Å². The normalized spacial score (nSPS) is 30.6. The molecule has 2 aliphatic rings. The van der Waals surface area contributed by atoms with Gasteiger partial charge in [-0.3, -0.25) is 0 Å². The molecule has 1 aromatic rings. The highest BCUT2D eigenvalue weighted by molar-refractivity contribution is 5.84. The molecule has 1 aliphatic heterocycles. The van der Waals surface area contributed by atoms with E-state index in [-0.39, 0.29) is 6.61 Å². The van der Waals surface area contributed by atoms with Gasteiger partial charge in [-0.15, -0.1) is 0 Å². The highest BCUT2D eigenvalue weighted by Gasteiger charge is 2.65. The zero-order valence-electron chi connectivity index (χ0n) is 11.9. The van der Waals surface area contributed by atoms with Crippen LogP contribution in [-0.4, -0.2) is 23.3 Å². The second-order valence-electron chi connectivity index (χ2n) is 5.51. The van der Waals surface area contributed by atoms with E-state index in [0.717, 1.165) is 24.0 Å². The van der Waals surface area contributed by atoms with Gasteiger partial charge in [-0.2, -0.15) is 0 Å². The smallest absolute Gasteiger partial charge is 0.353 e. The number of carbonyl (C=O) groups excluding carboxylic acids is 1.